The monoisotopic (exact) mass is 177 g/mol. The lowest BCUT2D eigenvalue weighted by molar-refractivity contribution is 0.553. The Hall–Kier alpha value is -0.820. The lowest BCUT2D eigenvalue weighted by atomic mass is 9.93. The van der Waals surface area contributed by atoms with Crippen LogP contribution < -0.4 is 5.73 Å². The SMILES string of the molecule is CCCc1cccc(C(C)(C)N)c1. The van der Waals surface area contributed by atoms with Crippen molar-refractivity contribution in [2.75, 3.05) is 0 Å². The molecule has 1 aromatic rings. The summed E-state index contributed by atoms with van der Waals surface area (Å²) in [5.74, 6) is 0. The Kier molecular flexibility index (Phi) is 3.10. The van der Waals surface area contributed by atoms with Gasteiger partial charge >= 0.3 is 0 Å². The molecule has 0 aromatic heterocycles. The van der Waals surface area contributed by atoms with Crippen molar-refractivity contribution in [1.82, 2.24) is 0 Å². The van der Waals surface area contributed by atoms with Crippen molar-refractivity contribution in [3.05, 3.63) is 35.4 Å². The summed E-state index contributed by atoms with van der Waals surface area (Å²) >= 11 is 0. The zero-order valence-electron chi connectivity index (χ0n) is 8.80. The van der Waals surface area contributed by atoms with Gasteiger partial charge in [-0.05, 0) is 31.4 Å². The minimum Gasteiger partial charge on any atom is -0.322 e. The van der Waals surface area contributed by atoms with E-state index in [-0.39, 0.29) is 5.54 Å². The van der Waals surface area contributed by atoms with E-state index in [1.165, 1.54) is 17.5 Å². The molecule has 0 saturated carbocycles. The second-order valence-electron chi connectivity index (χ2n) is 4.17. The number of hydrogen-bond donors (Lipinski definition) is 1. The fourth-order valence-corrected chi connectivity index (χ4v) is 1.42. The minimum absolute atomic E-state index is 0.219. The summed E-state index contributed by atoms with van der Waals surface area (Å²) in [6.45, 7) is 6.27. The van der Waals surface area contributed by atoms with Crippen LogP contribution >= 0.6 is 0 Å². The van der Waals surface area contributed by atoms with Crippen LogP contribution in [-0.2, 0) is 12.0 Å². The predicted octanol–water partition coefficient (Wildman–Crippen LogP) is 2.83. The van der Waals surface area contributed by atoms with Gasteiger partial charge in [0.05, 0.1) is 0 Å². The molecule has 0 heterocycles. The quantitative estimate of drug-likeness (QED) is 0.755. The minimum atomic E-state index is -0.219. The highest BCUT2D eigenvalue weighted by Gasteiger charge is 2.13. The van der Waals surface area contributed by atoms with Gasteiger partial charge in [0.25, 0.3) is 0 Å². The summed E-state index contributed by atoms with van der Waals surface area (Å²) < 4.78 is 0. The van der Waals surface area contributed by atoms with E-state index in [9.17, 15) is 0 Å². The Bertz CT molecular complexity index is 271. The molecule has 1 nitrogen and oxygen atoms in total. The molecular formula is C12H19N. The number of rotatable bonds is 3. The number of aryl methyl sites for hydroxylation is 1. The van der Waals surface area contributed by atoms with Crippen LogP contribution in [0.2, 0.25) is 0 Å². The van der Waals surface area contributed by atoms with Crippen LogP contribution in [0, 0.1) is 0 Å². The summed E-state index contributed by atoms with van der Waals surface area (Å²) in [5.41, 5.74) is 8.41. The van der Waals surface area contributed by atoms with Gasteiger partial charge in [-0.3, -0.25) is 0 Å². The summed E-state index contributed by atoms with van der Waals surface area (Å²) in [5, 5.41) is 0. The summed E-state index contributed by atoms with van der Waals surface area (Å²) in [4.78, 5) is 0. The molecule has 72 valence electrons. The molecule has 1 rings (SSSR count). The fraction of sp³-hybridized carbons (Fsp3) is 0.500. The Morgan fingerprint density at radius 3 is 2.54 bits per heavy atom. The van der Waals surface area contributed by atoms with Crippen molar-refractivity contribution in [2.24, 2.45) is 5.73 Å². The molecule has 2 N–H and O–H groups in total. The predicted molar refractivity (Wildman–Crippen MR) is 57.7 cm³/mol. The first-order chi connectivity index (χ1) is 6.04. The molecule has 0 radical (unpaired) electrons. The Morgan fingerprint density at radius 1 is 1.31 bits per heavy atom. The van der Waals surface area contributed by atoms with Crippen molar-refractivity contribution in [3.63, 3.8) is 0 Å². The average Bonchev–Trinajstić information content (AvgIpc) is 2.04. The third kappa shape index (κ3) is 2.85. The molecular weight excluding hydrogens is 158 g/mol. The van der Waals surface area contributed by atoms with Gasteiger partial charge in [0.15, 0.2) is 0 Å². The molecule has 0 aliphatic rings. The van der Waals surface area contributed by atoms with E-state index in [0.717, 1.165) is 6.42 Å². The molecule has 1 aromatic carbocycles. The molecule has 0 aliphatic carbocycles. The van der Waals surface area contributed by atoms with Gasteiger partial charge in [0.2, 0.25) is 0 Å². The van der Waals surface area contributed by atoms with Gasteiger partial charge in [-0.1, -0.05) is 37.6 Å². The first-order valence-electron chi connectivity index (χ1n) is 4.92. The topological polar surface area (TPSA) is 26.0 Å². The van der Waals surface area contributed by atoms with E-state index in [1.807, 2.05) is 13.8 Å². The van der Waals surface area contributed by atoms with E-state index >= 15 is 0 Å². The molecule has 0 atom stereocenters. The number of hydrogen-bond acceptors (Lipinski definition) is 1. The van der Waals surface area contributed by atoms with Crippen LogP contribution in [0.1, 0.15) is 38.3 Å². The highest BCUT2D eigenvalue weighted by atomic mass is 14.7. The molecule has 0 saturated heterocycles. The third-order valence-corrected chi connectivity index (χ3v) is 2.21. The maximum Gasteiger partial charge on any atom is 0.0352 e. The fourth-order valence-electron chi connectivity index (χ4n) is 1.42. The molecule has 0 amide bonds. The van der Waals surface area contributed by atoms with E-state index in [1.54, 1.807) is 0 Å². The van der Waals surface area contributed by atoms with E-state index in [4.69, 9.17) is 5.73 Å². The van der Waals surface area contributed by atoms with Gasteiger partial charge in [-0.25, -0.2) is 0 Å². The first-order valence-corrected chi connectivity index (χ1v) is 4.92. The first kappa shape index (κ1) is 10.3. The average molecular weight is 177 g/mol. The standard InChI is InChI=1S/C12H19N/c1-4-6-10-7-5-8-11(9-10)12(2,3)13/h5,7-9H,4,6,13H2,1-3H3. The Morgan fingerprint density at radius 2 is 2.00 bits per heavy atom. The highest BCUT2D eigenvalue weighted by molar-refractivity contribution is 5.28. The van der Waals surface area contributed by atoms with Crippen LogP contribution in [0.15, 0.2) is 24.3 Å². The van der Waals surface area contributed by atoms with Crippen LogP contribution in [0.25, 0.3) is 0 Å². The molecule has 13 heavy (non-hydrogen) atoms. The molecule has 0 bridgehead atoms. The van der Waals surface area contributed by atoms with E-state index < -0.39 is 0 Å². The van der Waals surface area contributed by atoms with Crippen LogP contribution in [0.5, 0.6) is 0 Å². The molecule has 0 spiro atoms. The Balaban J connectivity index is 2.92. The van der Waals surface area contributed by atoms with E-state index in [0.29, 0.717) is 0 Å². The van der Waals surface area contributed by atoms with Crippen molar-refractivity contribution in [2.45, 2.75) is 39.2 Å². The Labute approximate surface area is 81.0 Å². The van der Waals surface area contributed by atoms with Gasteiger partial charge in [0, 0.05) is 5.54 Å². The van der Waals surface area contributed by atoms with Crippen molar-refractivity contribution in [1.29, 1.82) is 0 Å². The lowest BCUT2D eigenvalue weighted by Crippen LogP contribution is -2.28. The smallest absolute Gasteiger partial charge is 0.0352 e. The largest absolute Gasteiger partial charge is 0.322 e. The lowest BCUT2D eigenvalue weighted by Gasteiger charge is -2.19. The van der Waals surface area contributed by atoms with E-state index in [2.05, 4.69) is 31.2 Å². The maximum atomic E-state index is 6.02. The summed E-state index contributed by atoms with van der Waals surface area (Å²) in [7, 11) is 0. The zero-order chi connectivity index (χ0) is 9.90. The van der Waals surface area contributed by atoms with Crippen molar-refractivity contribution < 1.29 is 0 Å². The van der Waals surface area contributed by atoms with Gasteiger partial charge < -0.3 is 5.73 Å². The molecule has 0 fully saturated rings. The highest BCUT2D eigenvalue weighted by Crippen LogP contribution is 2.18. The maximum absolute atomic E-state index is 6.02. The number of benzene rings is 1. The van der Waals surface area contributed by atoms with Gasteiger partial charge in [-0.15, -0.1) is 0 Å². The normalized spacial score (nSPS) is 11.7. The molecule has 0 unspecified atom stereocenters. The van der Waals surface area contributed by atoms with Crippen LogP contribution in [-0.4, -0.2) is 0 Å². The summed E-state index contributed by atoms with van der Waals surface area (Å²) in [6.07, 6.45) is 2.33. The van der Waals surface area contributed by atoms with Crippen molar-refractivity contribution >= 4 is 0 Å². The molecule has 0 aliphatic heterocycles. The molecule has 1 heteroatoms. The van der Waals surface area contributed by atoms with Crippen LogP contribution in [0.3, 0.4) is 0 Å². The van der Waals surface area contributed by atoms with Crippen LogP contribution in [0.4, 0.5) is 0 Å². The van der Waals surface area contributed by atoms with Crippen molar-refractivity contribution in [3.8, 4) is 0 Å². The zero-order valence-corrected chi connectivity index (χ0v) is 8.80. The summed E-state index contributed by atoms with van der Waals surface area (Å²) in [6, 6.07) is 8.57. The third-order valence-electron chi connectivity index (χ3n) is 2.21. The van der Waals surface area contributed by atoms with Gasteiger partial charge in [-0.2, -0.15) is 0 Å². The second-order valence-corrected chi connectivity index (χ2v) is 4.17. The number of nitrogens with two attached hydrogens (primary N) is 1. The second kappa shape index (κ2) is 3.93. The van der Waals surface area contributed by atoms with Gasteiger partial charge in [0.1, 0.15) is 0 Å².